The van der Waals surface area contributed by atoms with Gasteiger partial charge in [0, 0.05) is 13.2 Å². The van der Waals surface area contributed by atoms with Crippen LogP contribution < -0.4 is 5.32 Å². The first kappa shape index (κ1) is 14.8. The van der Waals surface area contributed by atoms with Crippen LogP contribution in [0.2, 0.25) is 0 Å². The van der Waals surface area contributed by atoms with Gasteiger partial charge < -0.3 is 9.88 Å². The van der Waals surface area contributed by atoms with Crippen LogP contribution in [0, 0.1) is 5.92 Å². The van der Waals surface area contributed by atoms with Gasteiger partial charge in [-0.05, 0) is 30.9 Å². The molecule has 6 heteroatoms. The van der Waals surface area contributed by atoms with Crippen molar-refractivity contribution in [2.24, 2.45) is 13.0 Å². The number of nitrogens with one attached hydrogen (secondary N) is 1. The number of rotatable bonds is 3. The minimum Gasteiger partial charge on any atom is -0.348 e. The Bertz CT molecular complexity index is 636. The van der Waals surface area contributed by atoms with Gasteiger partial charge in [-0.15, -0.1) is 0 Å². The third-order valence-corrected chi connectivity index (χ3v) is 5.03. The van der Waals surface area contributed by atoms with Crippen molar-refractivity contribution in [2.45, 2.75) is 38.1 Å². The largest absolute Gasteiger partial charge is 0.348 e. The number of ketones is 1. The molecule has 2 atom stereocenters. The van der Waals surface area contributed by atoms with E-state index in [1.807, 2.05) is 6.92 Å². The smallest absolute Gasteiger partial charge is 0.325 e. The molecule has 1 aliphatic heterocycles. The van der Waals surface area contributed by atoms with Crippen LogP contribution in [0.25, 0.3) is 0 Å². The van der Waals surface area contributed by atoms with E-state index in [9.17, 15) is 14.4 Å². The Kier molecular flexibility index (Phi) is 3.54. The minimum absolute atomic E-state index is 0.104. The van der Waals surface area contributed by atoms with Crippen LogP contribution in [0.4, 0.5) is 4.79 Å². The Morgan fingerprint density at radius 2 is 2.18 bits per heavy atom. The average Bonchev–Trinajstić information content (AvgIpc) is 3.00. The van der Waals surface area contributed by atoms with Crippen LogP contribution in [0.5, 0.6) is 0 Å². The molecule has 1 spiro atoms. The predicted molar refractivity (Wildman–Crippen MR) is 80.4 cm³/mol. The van der Waals surface area contributed by atoms with Crippen molar-refractivity contribution in [1.29, 1.82) is 0 Å². The number of Topliss-reactive ketones (excluding diaryl/α,β-unsaturated/α-hetero) is 1. The summed E-state index contributed by atoms with van der Waals surface area (Å²) < 4.78 is 1.69. The zero-order chi connectivity index (χ0) is 15.9. The highest BCUT2D eigenvalue weighted by Crippen LogP contribution is 2.38. The predicted octanol–water partition coefficient (Wildman–Crippen LogP) is 1.71. The van der Waals surface area contributed by atoms with Gasteiger partial charge in [-0.1, -0.05) is 19.8 Å². The lowest BCUT2D eigenvalue weighted by molar-refractivity contribution is -0.133. The molecule has 118 valence electrons. The van der Waals surface area contributed by atoms with Gasteiger partial charge in [0.25, 0.3) is 5.91 Å². The van der Waals surface area contributed by atoms with Crippen molar-refractivity contribution >= 4 is 17.7 Å². The number of hydrogen-bond donors (Lipinski definition) is 1. The van der Waals surface area contributed by atoms with E-state index in [-0.39, 0.29) is 24.2 Å². The zero-order valence-corrected chi connectivity index (χ0v) is 13.0. The van der Waals surface area contributed by atoms with Gasteiger partial charge in [-0.25, -0.2) is 4.79 Å². The van der Waals surface area contributed by atoms with Crippen molar-refractivity contribution in [3.63, 3.8) is 0 Å². The molecule has 1 aliphatic carbocycles. The Hall–Kier alpha value is -2.11. The van der Waals surface area contributed by atoms with Crippen LogP contribution in [0.1, 0.15) is 43.1 Å². The fraction of sp³-hybridized carbons (Fsp3) is 0.562. The van der Waals surface area contributed by atoms with E-state index in [0.717, 1.165) is 24.2 Å². The molecule has 2 heterocycles. The number of hydrogen-bond acceptors (Lipinski definition) is 3. The molecule has 1 N–H and O–H groups in total. The number of amides is 3. The summed E-state index contributed by atoms with van der Waals surface area (Å²) >= 11 is 0. The Morgan fingerprint density at radius 1 is 1.41 bits per heavy atom. The van der Waals surface area contributed by atoms with E-state index in [4.69, 9.17) is 0 Å². The van der Waals surface area contributed by atoms with Crippen LogP contribution in [-0.4, -0.2) is 39.3 Å². The number of aryl methyl sites for hydroxylation is 1. The molecule has 3 amide bonds. The van der Waals surface area contributed by atoms with Gasteiger partial charge >= 0.3 is 6.03 Å². The van der Waals surface area contributed by atoms with Crippen molar-refractivity contribution in [1.82, 2.24) is 14.8 Å². The maximum absolute atomic E-state index is 12.8. The third-order valence-electron chi connectivity index (χ3n) is 5.03. The van der Waals surface area contributed by atoms with E-state index >= 15 is 0 Å². The Morgan fingerprint density at radius 3 is 2.82 bits per heavy atom. The van der Waals surface area contributed by atoms with Gasteiger partial charge in [0.05, 0.1) is 12.2 Å². The second-order valence-electron chi connectivity index (χ2n) is 6.37. The number of carbonyl (C=O) groups is 3. The lowest BCUT2D eigenvalue weighted by Crippen LogP contribution is -2.54. The molecule has 1 aromatic heterocycles. The fourth-order valence-electron chi connectivity index (χ4n) is 3.61. The SMILES string of the molecule is C[C@H]1CCCC[C@@]12NC(=O)N(CC(=O)c1cccn1C)C2=O. The van der Waals surface area contributed by atoms with Gasteiger partial charge in [0.15, 0.2) is 5.78 Å². The highest BCUT2D eigenvalue weighted by molar-refractivity contribution is 6.11. The average molecular weight is 303 g/mol. The summed E-state index contributed by atoms with van der Waals surface area (Å²) in [6.45, 7) is 1.80. The summed E-state index contributed by atoms with van der Waals surface area (Å²) in [5.41, 5.74) is -0.303. The van der Waals surface area contributed by atoms with E-state index in [1.54, 1.807) is 29.9 Å². The molecule has 0 radical (unpaired) electrons. The summed E-state index contributed by atoms with van der Waals surface area (Å²) in [5, 5.41) is 2.86. The van der Waals surface area contributed by atoms with Crippen molar-refractivity contribution in [2.75, 3.05) is 6.54 Å². The molecule has 1 saturated heterocycles. The number of imide groups is 1. The Labute approximate surface area is 129 Å². The van der Waals surface area contributed by atoms with Crippen LogP contribution in [0.15, 0.2) is 18.3 Å². The van der Waals surface area contributed by atoms with E-state index in [1.165, 1.54) is 0 Å². The van der Waals surface area contributed by atoms with Gasteiger partial charge in [0.1, 0.15) is 5.54 Å². The summed E-state index contributed by atoms with van der Waals surface area (Å²) in [7, 11) is 1.77. The first-order valence-electron chi connectivity index (χ1n) is 7.74. The van der Waals surface area contributed by atoms with Crippen LogP contribution in [-0.2, 0) is 11.8 Å². The Balaban J connectivity index is 1.80. The van der Waals surface area contributed by atoms with E-state index < -0.39 is 11.6 Å². The normalized spacial score (nSPS) is 28.3. The number of nitrogens with zero attached hydrogens (tertiary/aromatic N) is 2. The number of aromatic nitrogens is 1. The van der Waals surface area contributed by atoms with Crippen molar-refractivity contribution < 1.29 is 14.4 Å². The number of urea groups is 1. The zero-order valence-electron chi connectivity index (χ0n) is 13.0. The minimum atomic E-state index is -0.802. The standard InChI is InChI=1S/C16H21N3O3/c1-11-6-3-4-8-16(11)14(21)19(15(22)17-16)10-13(20)12-7-5-9-18(12)2/h5,7,9,11H,3-4,6,8,10H2,1-2H3,(H,17,22)/t11-,16+/m0/s1. The molecule has 1 saturated carbocycles. The van der Waals surface area contributed by atoms with Crippen molar-refractivity contribution in [3.05, 3.63) is 24.0 Å². The third kappa shape index (κ3) is 2.14. The topological polar surface area (TPSA) is 71.4 Å². The molecule has 3 rings (SSSR count). The maximum atomic E-state index is 12.8. The molecule has 2 aliphatic rings. The number of carbonyl (C=O) groups excluding carboxylic acids is 3. The van der Waals surface area contributed by atoms with E-state index in [2.05, 4.69) is 5.32 Å². The lowest BCUT2D eigenvalue weighted by Gasteiger charge is -2.36. The molecule has 6 nitrogen and oxygen atoms in total. The molecule has 0 unspecified atom stereocenters. The molecular weight excluding hydrogens is 282 g/mol. The first-order valence-corrected chi connectivity index (χ1v) is 7.74. The summed E-state index contributed by atoms with van der Waals surface area (Å²) in [6, 6.07) is 3.02. The van der Waals surface area contributed by atoms with Crippen molar-refractivity contribution in [3.8, 4) is 0 Å². The second-order valence-corrected chi connectivity index (χ2v) is 6.37. The highest BCUT2D eigenvalue weighted by atomic mass is 16.2. The summed E-state index contributed by atoms with van der Waals surface area (Å²) in [4.78, 5) is 38.4. The molecule has 0 bridgehead atoms. The molecule has 2 fully saturated rings. The molecule has 1 aromatic rings. The van der Waals surface area contributed by atoms with Gasteiger partial charge in [0.2, 0.25) is 0 Å². The maximum Gasteiger partial charge on any atom is 0.325 e. The summed E-state index contributed by atoms with van der Waals surface area (Å²) in [5.74, 6) is -0.364. The van der Waals surface area contributed by atoms with E-state index in [0.29, 0.717) is 12.1 Å². The van der Waals surface area contributed by atoms with Crippen LogP contribution >= 0.6 is 0 Å². The van der Waals surface area contributed by atoms with Crippen LogP contribution in [0.3, 0.4) is 0 Å². The monoisotopic (exact) mass is 303 g/mol. The second kappa shape index (κ2) is 5.26. The molecule has 22 heavy (non-hydrogen) atoms. The fourth-order valence-corrected chi connectivity index (χ4v) is 3.61. The van der Waals surface area contributed by atoms with Gasteiger partial charge in [-0.2, -0.15) is 0 Å². The lowest BCUT2D eigenvalue weighted by atomic mass is 9.73. The quantitative estimate of drug-likeness (QED) is 0.682. The first-order chi connectivity index (χ1) is 10.5. The molecular formula is C16H21N3O3. The van der Waals surface area contributed by atoms with Gasteiger partial charge in [-0.3, -0.25) is 14.5 Å². The highest BCUT2D eigenvalue weighted by Gasteiger charge is 2.55. The summed E-state index contributed by atoms with van der Waals surface area (Å²) in [6.07, 6.45) is 5.35. The molecule has 0 aromatic carbocycles.